The van der Waals surface area contributed by atoms with Gasteiger partial charge in [0.25, 0.3) is 0 Å². The number of aryl methyl sites for hydroxylation is 1. The molecule has 13 heavy (non-hydrogen) atoms. The second kappa shape index (κ2) is 3.33. The second-order valence-electron chi connectivity index (χ2n) is 3.77. The van der Waals surface area contributed by atoms with Crippen molar-refractivity contribution < 1.29 is 9.52 Å². The molecule has 5 nitrogen and oxygen atoms in total. The second-order valence-corrected chi connectivity index (χ2v) is 3.77. The first-order chi connectivity index (χ1) is 5.88. The van der Waals surface area contributed by atoms with Gasteiger partial charge < -0.3 is 14.4 Å². The summed E-state index contributed by atoms with van der Waals surface area (Å²) in [5.74, 6) is 0.526. The highest BCUT2D eigenvalue weighted by Crippen LogP contribution is 2.12. The molecular weight excluding hydrogens is 170 g/mol. The van der Waals surface area contributed by atoms with Crippen LogP contribution in [0, 0.1) is 6.92 Å². The Morgan fingerprint density at radius 3 is 2.46 bits per heavy atom. The standard InChI is InChI=1S/C8H15N3O2/c1-6-9-10-7(13-6)11(4)5-8(2,3)12/h12H,5H2,1-4H3. The van der Waals surface area contributed by atoms with Crippen LogP contribution < -0.4 is 4.90 Å². The molecule has 0 radical (unpaired) electrons. The number of hydrogen-bond acceptors (Lipinski definition) is 5. The summed E-state index contributed by atoms with van der Waals surface area (Å²) >= 11 is 0. The van der Waals surface area contributed by atoms with Crippen LogP contribution in [0.1, 0.15) is 19.7 Å². The topological polar surface area (TPSA) is 62.4 Å². The largest absolute Gasteiger partial charge is 0.408 e. The van der Waals surface area contributed by atoms with Crippen molar-refractivity contribution in [1.82, 2.24) is 10.2 Å². The molecule has 0 spiro atoms. The Balaban J connectivity index is 2.64. The number of nitrogens with zero attached hydrogens (tertiary/aromatic N) is 3. The lowest BCUT2D eigenvalue weighted by atomic mass is 10.1. The van der Waals surface area contributed by atoms with E-state index < -0.39 is 5.60 Å². The Bertz CT molecular complexity index is 277. The van der Waals surface area contributed by atoms with Gasteiger partial charge in [0.2, 0.25) is 5.89 Å². The maximum Gasteiger partial charge on any atom is 0.317 e. The fraction of sp³-hybridized carbons (Fsp3) is 0.750. The van der Waals surface area contributed by atoms with Crippen LogP contribution in [-0.4, -0.2) is 34.5 Å². The highest BCUT2D eigenvalue weighted by atomic mass is 16.4. The van der Waals surface area contributed by atoms with Crippen molar-refractivity contribution in [3.05, 3.63) is 5.89 Å². The van der Waals surface area contributed by atoms with Gasteiger partial charge >= 0.3 is 6.01 Å². The summed E-state index contributed by atoms with van der Waals surface area (Å²) in [4.78, 5) is 1.72. The van der Waals surface area contributed by atoms with E-state index in [1.165, 1.54) is 0 Å². The van der Waals surface area contributed by atoms with Crippen LogP contribution in [0.15, 0.2) is 4.42 Å². The van der Waals surface area contributed by atoms with E-state index in [9.17, 15) is 5.11 Å². The van der Waals surface area contributed by atoms with Crippen LogP contribution in [0.4, 0.5) is 6.01 Å². The minimum Gasteiger partial charge on any atom is -0.408 e. The van der Waals surface area contributed by atoms with E-state index in [4.69, 9.17) is 4.42 Å². The summed E-state index contributed by atoms with van der Waals surface area (Å²) in [6.07, 6.45) is 0. The SMILES string of the molecule is Cc1nnc(N(C)CC(C)(C)O)o1. The molecule has 74 valence electrons. The lowest BCUT2D eigenvalue weighted by Gasteiger charge is -2.23. The van der Waals surface area contributed by atoms with Crippen LogP contribution in [0.25, 0.3) is 0 Å². The highest BCUT2D eigenvalue weighted by Gasteiger charge is 2.18. The van der Waals surface area contributed by atoms with E-state index in [0.29, 0.717) is 18.5 Å². The lowest BCUT2D eigenvalue weighted by Crippen LogP contribution is -2.36. The van der Waals surface area contributed by atoms with E-state index in [0.717, 1.165) is 0 Å². The number of aromatic nitrogens is 2. The monoisotopic (exact) mass is 185 g/mol. The minimum atomic E-state index is -0.767. The van der Waals surface area contributed by atoms with Crippen molar-refractivity contribution >= 4 is 6.01 Å². The van der Waals surface area contributed by atoms with Crippen molar-refractivity contribution in [2.45, 2.75) is 26.4 Å². The van der Waals surface area contributed by atoms with E-state index in [-0.39, 0.29) is 0 Å². The summed E-state index contributed by atoms with van der Waals surface area (Å²) in [6, 6.07) is 0.430. The molecule has 0 amide bonds. The zero-order valence-corrected chi connectivity index (χ0v) is 8.40. The fourth-order valence-corrected chi connectivity index (χ4v) is 1.09. The molecule has 0 fully saturated rings. The molecule has 0 bridgehead atoms. The molecule has 1 aromatic rings. The number of aliphatic hydroxyl groups is 1. The molecule has 1 heterocycles. The Hall–Kier alpha value is -1.10. The molecule has 0 unspecified atom stereocenters. The van der Waals surface area contributed by atoms with Gasteiger partial charge in [0, 0.05) is 14.0 Å². The number of anilines is 1. The molecule has 1 rings (SSSR count). The van der Waals surface area contributed by atoms with Gasteiger partial charge in [-0.1, -0.05) is 5.10 Å². The molecule has 0 saturated carbocycles. The third-order valence-electron chi connectivity index (χ3n) is 1.47. The van der Waals surface area contributed by atoms with Gasteiger partial charge in [0.05, 0.1) is 12.1 Å². The maximum absolute atomic E-state index is 9.52. The zero-order valence-electron chi connectivity index (χ0n) is 8.40. The first-order valence-corrected chi connectivity index (χ1v) is 4.12. The first-order valence-electron chi connectivity index (χ1n) is 4.12. The van der Waals surface area contributed by atoms with Crippen LogP contribution in [0.5, 0.6) is 0 Å². The maximum atomic E-state index is 9.52. The Kier molecular flexibility index (Phi) is 2.56. The zero-order chi connectivity index (χ0) is 10.1. The normalized spacial score (nSPS) is 11.8. The van der Waals surface area contributed by atoms with Gasteiger partial charge in [-0.25, -0.2) is 0 Å². The van der Waals surface area contributed by atoms with Crippen molar-refractivity contribution in [3.63, 3.8) is 0 Å². The molecule has 5 heteroatoms. The summed E-state index contributed by atoms with van der Waals surface area (Å²) in [6.45, 7) is 5.64. The molecule has 1 aromatic heterocycles. The number of hydrogen-bond donors (Lipinski definition) is 1. The van der Waals surface area contributed by atoms with Gasteiger partial charge in [-0.05, 0) is 13.8 Å². The average molecular weight is 185 g/mol. The van der Waals surface area contributed by atoms with E-state index in [2.05, 4.69) is 10.2 Å². The highest BCUT2D eigenvalue weighted by molar-refractivity contribution is 5.22. The molecule has 0 aromatic carbocycles. The van der Waals surface area contributed by atoms with Crippen LogP contribution >= 0.6 is 0 Å². The van der Waals surface area contributed by atoms with Crippen LogP contribution in [-0.2, 0) is 0 Å². The van der Waals surface area contributed by atoms with E-state index in [1.807, 2.05) is 0 Å². The molecule has 0 aliphatic carbocycles. The number of rotatable bonds is 3. The molecule has 0 aliphatic rings. The van der Waals surface area contributed by atoms with Crippen LogP contribution in [0.2, 0.25) is 0 Å². The van der Waals surface area contributed by atoms with E-state index >= 15 is 0 Å². The molecule has 0 saturated heterocycles. The van der Waals surface area contributed by atoms with E-state index in [1.54, 1.807) is 32.7 Å². The van der Waals surface area contributed by atoms with Gasteiger partial charge in [-0.15, -0.1) is 5.10 Å². The van der Waals surface area contributed by atoms with Crippen molar-refractivity contribution in [1.29, 1.82) is 0 Å². The lowest BCUT2D eigenvalue weighted by molar-refractivity contribution is 0.0875. The summed E-state index contributed by atoms with van der Waals surface area (Å²) in [5.41, 5.74) is -0.767. The third-order valence-corrected chi connectivity index (χ3v) is 1.47. The predicted molar refractivity (Wildman–Crippen MR) is 48.6 cm³/mol. The van der Waals surface area contributed by atoms with Gasteiger partial charge in [0.15, 0.2) is 0 Å². The summed E-state index contributed by atoms with van der Waals surface area (Å²) in [5, 5.41) is 17.1. The van der Waals surface area contributed by atoms with Gasteiger partial charge in [-0.2, -0.15) is 0 Å². The number of likely N-dealkylation sites (N-methyl/N-ethyl adjacent to an activating group) is 1. The Morgan fingerprint density at radius 2 is 2.08 bits per heavy atom. The van der Waals surface area contributed by atoms with Gasteiger partial charge in [0.1, 0.15) is 0 Å². The quantitative estimate of drug-likeness (QED) is 0.746. The molecular formula is C8H15N3O2. The first kappa shape index (κ1) is 9.98. The van der Waals surface area contributed by atoms with Crippen molar-refractivity contribution in [2.75, 3.05) is 18.5 Å². The summed E-state index contributed by atoms with van der Waals surface area (Å²) < 4.78 is 5.18. The Morgan fingerprint density at radius 1 is 1.46 bits per heavy atom. The molecule has 1 N–H and O–H groups in total. The predicted octanol–water partition coefficient (Wildman–Crippen LogP) is 0.585. The average Bonchev–Trinajstić information content (AvgIpc) is 2.31. The summed E-state index contributed by atoms with van der Waals surface area (Å²) in [7, 11) is 1.80. The molecule has 0 aliphatic heterocycles. The smallest absolute Gasteiger partial charge is 0.317 e. The minimum absolute atomic E-state index is 0.430. The Labute approximate surface area is 77.4 Å². The molecule has 0 atom stereocenters. The van der Waals surface area contributed by atoms with Crippen molar-refractivity contribution in [3.8, 4) is 0 Å². The van der Waals surface area contributed by atoms with Gasteiger partial charge in [-0.3, -0.25) is 0 Å². The van der Waals surface area contributed by atoms with Crippen LogP contribution in [0.3, 0.4) is 0 Å². The fourth-order valence-electron chi connectivity index (χ4n) is 1.09. The van der Waals surface area contributed by atoms with Crippen molar-refractivity contribution in [2.24, 2.45) is 0 Å². The third kappa shape index (κ3) is 3.02.